The molecule has 0 unspecified atom stereocenters. The number of amides is 2. The highest BCUT2D eigenvalue weighted by atomic mass is 16.5. The number of rotatable bonds is 8. The Hall–Kier alpha value is -3.55. The fourth-order valence-electron chi connectivity index (χ4n) is 2.42. The predicted octanol–water partition coefficient (Wildman–Crippen LogP) is 2.41. The molecule has 2 N–H and O–H groups in total. The number of phenolic OH excluding ortho intramolecular Hbond substituents is 1. The van der Waals surface area contributed by atoms with Crippen LogP contribution < -0.4 is 14.9 Å². The minimum absolute atomic E-state index is 0.0809. The second-order valence-electron chi connectivity index (χ2n) is 6.38. The van der Waals surface area contributed by atoms with Crippen LogP contribution in [0.25, 0.3) is 0 Å². The summed E-state index contributed by atoms with van der Waals surface area (Å²) in [6.07, 6.45) is 0.812. The smallest absolute Gasteiger partial charge is 0.271 e. The average molecular weight is 399 g/mol. The predicted molar refractivity (Wildman–Crippen MR) is 110 cm³/mol. The van der Waals surface area contributed by atoms with Gasteiger partial charge in [0.2, 0.25) is 0 Å². The van der Waals surface area contributed by atoms with Gasteiger partial charge < -0.3 is 19.5 Å². The van der Waals surface area contributed by atoms with Gasteiger partial charge in [-0.3, -0.25) is 9.59 Å². The molecule has 154 valence electrons. The van der Waals surface area contributed by atoms with E-state index in [1.54, 1.807) is 39.2 Å². The zero-order valence-corrected chi connectivity index (χ0v) is 16.9. The van der Waals surface area contributed by atoms with Crippen molar-refractivity contribution >= 4 is 18.0 Å². The lowest BCUT2D eigenvalue weighted by atomic mass is 10.2. The van der Waals surface area contributed by atoms with Crippen molar-refractivity contribution in [3.8, 4) is 17.2 Å². The summed E-state index contributed by atoms with van der Waals surface area (Å²) < 4.78 is 11.3. The molecule has 0 saturated heterocycles. The van der Waals surface area contributed by atoms with Gasteiger partial charge in [0.05, 0.1) is 12.8 Å². The number of carbonyl (C=O) groups is 2. The molecule has 0 bridgehead atoms. The average Bonchev–Trinajstić information content (AvgIpc) is 2.69. The Morgan fingerprint density at radius 3 is 2.48 bits per heavy atom. The Bertz CT molecular complexity index is 878. The molecule has 0 saturated carbocycles. The van der Waals surface area contributed by atoms with Gasteiger partial charge in [0.15, 0.2) is 17.6 Å². The number of carbonyl (C=O) groups excluding carboxylic acids is 2. The van der Waals surface area contributed by atoms with Crippen LogP contribution in [0.15, 0.2) is 47.6 Å². The number of hydrazone groups is 1. The van der Waals surface area contributed by atoms with Gasteiger partial charge in [-0.2, -0.15) is 5.10 Å². The van der Waals surface area contributed by atoms with Gasteiger partial charge in [0, 0.05) is 19.7 Å². The highest BCUT2D eigenvalue weighted by molar-refractivity contribution is 5.95. The number of nitrogens with one attached hydrogen (secondary N) is 1. The van der Waals surface area contributed by atoms with Crippen LogP contribution in [0, 0.1) is 0 Å². The van der Waals surface area contributed by atoms with E-state index in [0.717, 1.165) is 0 Å². The second kappa shape index (κ2) is 10.1. The van der Waals surface area contributed by atoms with Crippen molar-refractivity contribution in [2.24, 2.45) is 5.10 Å². The first kappa shape index (κ1) is 21.7. The highest BCUT2D eigenvalue weighted by Crippen LogP contribution is 2.29. The number of likely N-dealkylation sites (N-methyl/N-ethyl adjacent to an activating group) is 1. The molecule has 0 aliphatic heterocycles. The zero-order valence-electron chi connectivity index (χ0n) is 16.9. The summed E-state index contributed by atoms with van der Waals surface area (Å²) in [4.78, 5) is 25.5. The summed E-state index contributed by atoms with van der Waals surface area (Å²) in [5, 5.41) is 13.2. The zero-order chi connectivity index (χ0) is 21.4. The maximum Gasteiger partial charge on any atom is 0.271 e. The number of benzene rings is 2. The van der Waals surface area contributed by atoms with Gasteiger partial charge in [0.25, 0.3) is 11.8 Å². The summed E-state index contributed by atoms with van der Waals surface area (Å²) in [5.41, 5.74) is 3.47. The molecule has 8 heteroatoms. The topological polar surface area (TPSA) is 100 Å². The van der Waals surface area contributed by atoms with Gasteiger partial charge >= 0.3 is 0 Å². The third-order valence-electron chi connectivity index (χ3n) is 3.87. The fraction of sp³-hybridized carbons (Fsp3) is 0.286. The Labute approximate surface area is 169 Å². The number of nitrogens with zero attached hydrogens (tertiary/aromatic N) is 2. The number of ether oxygens (including phenoxy) is 2. The van der Waals surface area contributed by atoms with E-state index >= 15 is 0 Å². The van der Waals surface area contributed by atoms with Crippen molar-refractivity contribution in [3.05, 3.63) is 53.6 Å². The molecule has 2 aromatic carbocycles. The van der Waals surface area contributed by atoms with Crippen molar-refractivity contribution in [2.75, 3.05) is 20.7 Å². The van der Waals surface area contributed by atoms with Crippen LogP contribution in [-0.2, 0) is 4.79 Å². The van der Waals surface area contributed by atoms with Crippen LogP contribution >= 0.6 is 0 Å². The number of phenols is 1. The van der Waals surface area contributed by atoms with E-state index in [1.807, 2.05) is 6.92 Å². The Morgan fingerprint density at radius 2 is 1.86 bits per heavy atom. The Balaban J connectivity index is 2.08. The lowest BCUT2D eigenvalue weighted by Crippen LogP contribution is -2.35. The number of hydrogen-bond acceptors (Lipinski definition) is 6. The minimum Gasteiger partial charge on any atom is -0.508 e. The molecule has 0 heterocycles. The largest absolute Gasteiger partial charge is 0.508 e. The van der Waals surface area contributed by atoms with E-state index in [0.29, 0.717) is 29.2 Å². The molecule has 0 aliphatic rings. The van der Waals surface area contributed by atoms with E-state index < -0.39 is 12.0 Å². The first-order valence-corrected chi connectivity index (χ1v) is 9.09. The molecular formula is C21H25N3O5. The van der Waals surface area contributed by atoms with E-state index in [1.165, 1.54) is 35.4 Å². The van der Waals surface area contributed by atoms with Crippen molar-refractivity contribution in [1.82, 2.24) is 10.3 Å². The normalized spacial score (nSPS) is 11.7. The highest BCUT2D eigenvalue weighted by Gasteiger charge is 2.18. The van der Waals surface area contributed by atoms with E-state index in [2.05, 4.69) is 10.5 Å². The molecule has 0 spiro atoms. The summed E-state index contributed by atoms with van der Waals surface area (Å²) in [6, 6.07) is 11.0. The molecule has 2 amide bonds. The van der Waals surface area contributed by atoms with Gasteiger partial charge in [-0.25, -0.2) is 5.43 Å². The SMILES string of the molecule is CCOc1cc(/C=N\NC(=O)c2ccc(O)cc2)ccc1O[C@H](C)C(=O)N(C)C. The van der Waals surface area contributed by atoms with E-state index in [4.69, 9.17) is 9.47 Å². The molecular weight excluding hydrogens is 374 g/mol. The second-order valence-corrected chi connectivity index (χ2v) is 6.38. The Morgan fingerprint density at radius 1 is 1.17 bits per heavy atom. The Kier molecular flexibility index (Phi) is 7.59. The maximum atomic E-state index is 12.0. The fourth-order valence-corrected chi connectivity index (χ4v) is 2.42. The van der Waals surface area contributed by atoms with Gasteiger partial charge in [0.1, 0.15) is 5.75 Å². The number of hydrogen-bond donors (Lipinski definition) is 2. The van der Waals surface area contributed by atoms with Crippen LogP contribution in [0.4, 0.5) is 0 Å². The molecule has 2 rings (SSSR count). The third kappa shape index (κ3) is 6.24. The molecule has 0 aromatic heterocycles. The molecule has 1 atom stereocenters. The summed E-state index contributed by atoms with van der Waals surface area (Å²) in [5.74, 6) is 0.439. The van der Waals surface area contributed by atoms with Crippen LogP contribution in [0.5, 0.6) is 17.2 Å². The summed E-state index contributed by atoms with van der Waals surface area (Å²) in [6.45, 7) is 3.94. The first-order chi connectivity index (χ1) is 13.8. The molecule has 29 heavy (non-hydrogen) atoms. The van der Waals surface area contributed by atoms with Crippen molar-refractivity contribution < 1.29 is 24.2 Å². The van der Waals surface area contributed by atoms with Crippen molar-refractivity contribution in [1.29, 1.82) is 0 Å². The van der Waals surface area contributed by atoms with Crippen molar-refractivity contribution in [3.63, 3.8) is 0 Å². The first-order valence-electron chi connectivity index (χ1n) is 9.09. The number of aromatic hydroxyl groups is 1. The van der Waals surface area contributed by atoms with Crippen molar-refractivity contribution in [2.45, 2.75) is 20.0 Å². The van der Waals surface area contributed by atoms with E-state index in [-0.39, 0.29) is 11.7 Å². The molecule has 0 fully saturated rings. The lowest BCUT2D eigenvalue weighted by molar-refractivity contribution is -0.135. The molecule has 0 radical (unpaired) electrons. The van der Waals surface area contributed by atoms with Crippen LogP contribution in [-0.4, -0.2) is 54.8 Å². The quantitative estimate of drug-likeness (QED) is 0.524. The van der Waals surface area contributed by atoms with Gasteiger partial charge in [-0.05, 0) is 61.9 Å². The monoisotopic (exact) mass is 399 g/mol. The third-order valence-corrected chi connectivity index (χ3v) is 3.87. The van der Waals surface area contributed by atoms with Crippen LogP contribution in [0.1, 0.15) is 29.8 Å². The minimum atomic E-state index is -0.659. The molecule has 8 nitrogen and oxygen atoms in total. The van der Waals surface area contributed by atoms with Gasteiger partial charge in [-0.1, -0.05) is 0 Å². The standard InChI is InChI=1S/C21H25N3O5/c1-5-28-19-12-15(6-11-18(19)29-14(2)21(27)24(3)4)13-22-23-20(26)16-7-9-17(25)10-8-16/h6-14,25H,5H2,1-4H3,(H,23,26)/b22-13-/t14-/m1/s1. The van der Waals surface area contributed by atoms with Gasteiger partial charge in [-0.15, -0.1) is 0 Å². The summed E-state index contributed by atoms with van der Waals surface area (Å²) >= 11 is 0. The van der Waals surface area contributed by atoms with Crippen LogP contribution in [0.2, 0.25) is 0 Å². The maximum absolute atomic E-state index is 12.0. The van der Waals surface area contributed by atoms with Crippen LogP contribution in [0.3, 0.4) is 0 Å². The molecule has 2 aromatic rings. The summed E-state index contributed by atoms with van der Waals surface area (Å²) in [7, 11) is 3.33. The lowest BCUT2D eigenvalue weighted by Gasteiger charge is -2.20. The van der Waals surface area contributed by atoms with E-state index in [9.17, 15) is 14.7 Å². The molecule has 0 aliphatic carbocycles.